The first-order valence-electron chi connectivity index (χ1n) is 5.46. The van der Waals surface area contributed by atoms with Crippen LogP contribution in [0.1, 0.15) is 23.2 Å². The Morgan fingerprint density at radius 2 is 2.22 bits per heavy atom. The maximum absolute atomic E-state index is 11.8. The van der Waals surface area contributed by atoms with Crippen molar-refractivity contribution >= 4 is 17.4 Å². The second-order valence-electron chi connectivity index (χ2n) is 3.72. The number of fused-ring (bicyclic) bond motifs is 1. The second-order valence-corrected chi connectivity index (χ2v) is 3.72. The van der Waals surface area contributed by atoms with Crippen molar-refractivity contribution < 1.29 is 14.7 Å². The zero-order valence-corrected chi connectivity index (χ0v) is 9.54. The van der Waals surface area contributed by atoms with Gasteiger partial charge in [0.05, 0.1) is 23.5 Å². The van der Waals surface area contributed by atoms with Gasteiger partial charge in [0.25, 0.3) is 5.91 Å². The number of amides is 1. The molecule has 2 N–H and O–H groups in total. The molecule has 2 aromatic rings. The van der Waals surface area contributed by atoms with E-state index in [1.807, 2.05) is 0 Å². The molecule has 2 rings (SSSR count). The fourth-order valence-electron chi connectivity index (χ4n) is 1.55. The average Bonchev–Trinajstić information content (AvgIpc) is 2.78. The largest absolute Gasteiger partial charge is 0.481 e. The van der Waals surface area contributed by atoms with Gasteiger partial charge in [0.1, 0.15) is 0 Å². The number of nitrogens with one attached hydrogen (secondary N) is 1. The lowest BCUT2D eigenvalue weighted by atomic mass is 10.2. The average molecular weight is 248 g/mol. The lowest BCUT2D eigenvalue weighted by Crippen LogP contribution is -2.24. The summed E-state index contributed by atoms with van der Waals surface area (Å²) in [7, 11) is 0. The van der Waals surface area contributed by atoms with E-state index in [-0.39, 0.29) is 12.3 Å². The van der Waals surface area contributed by atoms with Crippen LogP contribution < -0.4 is 5.32 Å². The summed E-state index contributed by atoms with van der Waals surface area (Å²) in [6.45, 7) is 0.322. The summed E-state index contributed by atoms with van der Waals surface area (Å²) < 4.78 is 1.55. The first kappa shape index (κ1) is 12.0. The molecule has 0 atom stereocenters. The number of aromatic nitrogens is 3. The third-order valence-electron chi connectivity index (χ3n) is 2.42. The standard InChI is InChI=1S/C11H12N4O3/c16-10(17)2-1-3-13-11(18)8-6-14-15-5-4-12-7-9(8)15/h4-7H,1-3H2,(H,13,18)(H,16,17). The number of carbonyl (C=O) groups is 2. The van der Waals surface area contributed by atoms with E-state index < -0.39 is 5.97 Å². The minimum Gasteiger partial charge on any atom is -0.481 e. The fourth-order valence-corrected chi connectivity index (χ4v) is 1.55. The minimum atomic E-state index is -0.871. The molecule has 0 fully saturated rings. The molecule has 0 spiro atoms. The van der Waals surface area contributed by atoms with Gasteiger partial charge in [0, 0.05) is 25.4 Å². The molecule has 18 heavy (non-hydrogen) atoms. The lowest BCUT2D eigenvalue weighted by molar-refractivity contribution is -0.137. The van der Waals surface area contributed by atoms with Crippen LogP contribution in [0.2, 0.25) is 0 Å². The van der Waals surface area contributed by atoms with Gasteiger partial charge in [-0.1, -0.05) is 0 Å². The molecule has 0 radical (unpaired) electrons. The van der Waals surface area contributed by atoms with Crippen molar-refractivity contribution in [2.75, 3.05) is 6.54 Å². The zero-order chi connectivity index (χ0) is 13.0. The number of hydrogen-bond donors (Lipinski definition) is 2. The number of aliphatic carboxylic acids is 1. The van der Waals surface area contributed by atoms with Gasteiger partial charge in [0.2, 0.25) is 0 Å². The van der Waals surface area contributed by atoms with Gasteiger partial charge >= 0.3 is 5.97 Å². The molecule has 0 unspecified atom stereocenters. The highest BCUT2D eigenvalue weighted by Crippen LogP contribution is 2.08. The monoisotopic (exact) mass is 248 g/mol. The van der Waals surface area contributed by atoms with E-state index in [4.69, 9.17) is 5.11 Å². The Morgan fingerprint density at radius 1 is 1.39 bits per heavy atom. The first-order valence-corrected chi connectivity index (χ1v) is 5.46. The van der Waals surface area contributed by atoms with Crippen LogP contribution >= 0.6 is 0 Å². The van der Waals surface area contributed by atoms with Crippen molar-refractivity contribution in [2.24, 2.45) is 0 Å². The Hall–Kier alpha value is -2.44. The van der Waals surface area contributed by atoms with E-state index in [0.29, 0.717) is 24.0 Å². The molecular formula is C11H12N4O3. The molecule has 2 heterocycles. The van der Waals surface area contributed by atoms with E-state index in [9.17, 15) is 9.59 Å². The van der Waals surface area contributed by atoms with Gasteiger partial charge in [-0.05, 0) is 6.42 Å². The summed E-state index contributed by atoms with van der Waals surface area (Å²) in [4.78, 5) is 26.1. The fraction of sp³-hybridized carbons (Fsp3) is 0.273. The molecule has 94 valence electrons. The topological polar surface area (TPSA) is 96.6 Å². The van der Waals surface area contributed by atoms with Crippen LogP contribution in [0.15, 0.2) is 24.8 Å². The van der Waals surface area contributed by atoms with E-state index in [0.717, 1.165) is 0 Å². The number of hydrogen-bond acceptors (Lipinski definition) is 4. The highest BCUT2D eigenvalue weighted by molar-refractivity contribution is 6.00. The number of carbonyl (C=O) groups excluding carboxylic acids is 1. The highest BCUT2D eigenvalue weighted by atomic mass is 16.4. The second kappa shape index (κ2) is 5.26. The molecule has 2 aromatic heterocycles. The van der Waals surface area contributed by atoms with Crippen LogP contribution in [0.25, 0.3) is 5.52 Å². The molecule has 0 aliphatic carbocycles. The smallest absolute Gasteiger partial charge is 0.303 e. The Morgan fingerprint density at radius 3 is 3.00 bits per heavy atom. The zero-order valence-electron chi connectivity index (χ0n) is 9.54. The molecule has 7 nitrogen and oxygen atoms in total. The number of carboxylic acid groups (broad SMARTS) is 1. The molecule has 0 aliphatic rings. The van der Waals surface area contributed by atoms with Gasteiger partial charge in [-0.25, -0.2) is 4.52 Å². The van der Waals surface area contributed by atoms with Crippen molar-refractivity contribution in [3.63, 3.8) is 0 Å². The van der Waals surface area contributed by atoms with Crippen LogP contribution in [-0.4, -0.2) is 38.1 Å². The molecule has 7 heteroatoms. The van der Waals surface area contributed by atoms with E-state index >= 15 is 0 Å². The third-order valence-corrected chi connectivity index (χ3v) is 2.42. The highest BCUT2D eigenvalue weighted by Gasteiger charge is 2.11. The van der Waals surface area contributed by atoms with E-state index in [1.165, 1.54) is 6.20 Å². The van der Waals surface area contributed by atoms with Crippen molar-refractivity contribution in [3.05, 3.63) is 30.4 Å². The van der Waals surface area contributed by atoms with Gasteiger partial charge in [-0.2, -0.15) is 5.10 Å². The summed E-state index contributed by atoms with van der Waals surface area (Å²) in [5.74, 6) is -1.15. The molecule has 0 aliphatic heterocycles. The minimum absolute atomic E-state index is 0.0383. The summed E-state index contributed by atoms with van der Waals surface area (Å²) in [5, 5.41) is 15.1. The molecule has 0 bridgehead atoms. The Balaban J connectivity index is 1.99. The summed E-state index contributed by atoms with van der Waals surface area (Å²) >= 11 is 0. The van der Waals surface area contributed by atoms with Crippen LogP contribution in [0.5, 0.6) is 0 Å². The Kier molecular flexibility index (Phi) is 3.52. The molecule has 0 saturated heterocycles. The van der Waals surface area contributed by atoms with Crippen molar-refractivity contribution in [1.29, 1.82) is 0 Å². The van der Waals surface area contributed by atoms with Gasteiger partial charge in [-0.15, -0.1) is 0 Å². The molecule has 1 amide bonds. The summed E-state index contributed by atoms with van der Waals surface area (Å²) in [5.41, 5.74) is 1.05. The number of carboxylic acids is 1. The van der Waals surface area contributed by atoms with E-state index in [2.05, 4.69) is 15.4 Å². The molecular weight excluding hydrogens is 236 g/mol. The van der Waals surface area contributed by atoms with E-state index in [1.54, 1.807) is 23.1 Å². The maximum Gasteiger partial charge on any atom is 0.303 e. The normalized spacial score (nSPS) is 10.4. The quantitative estimate of drug-likeness (QED) is 0.743. The lowest BCUT2D eigenvalue weighted by Gasteiger charge is -2.02. The van der Waals surface area contributed by atoms with Crippen LogP contribution in [0, 0.1) is 0 Å². The predicted octanol–water partition coefficient (Wildman–Crippen LogP) is 0.324. The maximum atomic E-state index is 11.8. The first-order chi connectivity index (χ1) is 8.68. The summed E-state index contributed by atoms with van der Waals surface area (Å²) in [6, 6.07) is 0. The number of rotatable bonds is 5. The van der Waals surface area contributed by atoms with Crippen molar-refractivity contribution in [3.8, 4) is 0 Å². The van der Waals surface area contributed by atoms with Crippen molar-refractivity contribution in [1.82, 2.24) is 19.9 Å². The van der Waals surface area contributed by atoms with Gasteiger partial charge < -0.3 is 10.4 Å². The predicted molar refractivity (Wildman–Crippen MR) is 62.2 cm³/mol. The van der Waals surface area contributed by atoms with Crippen LogP contribution in [0.4, 0.5) is 0 Å². The molecule has 0 saturated carbocycles. The Bertz CT molecular complexity index is 578. The van der Waals surface area contributed by atoms with Crippen LogP contribution in [-0.2, 0) is 4.79 Å². The van der Waals surface area contributed by atoms with Gasteiger partial charge in [0.15, 0.2) is 0 Å². The van der Waals surface area contributed by atoms with Crippen LogP contribution in [0.3, 0.4) is 0 Å². The third kappa shape index (κ3) is 2.62. The SMILES string of the molecule is O=C(O)CCCNC(=O)c1cnn2ccncc12. The number of nitrogens with zero attached hydrogens (tertiary/aromatic N) is 3. The van der Waals surface area contributed by atoms with Crippen molar-refractivity contribution in [2.45, 2.75) is 12.8 Å². The Labute approximate surface area is 102 Å². The summed E-state index contributed by atoms with van der Waals surface area (Å²) in [6.07, 6.45) is 6.68. The molecule has 0 aromatic carbocycles. The van der Waals surface area contributed by atoms with Gasteiger partial charge in [-0.3, -0.25) is 14.6 Å².